The Morgan fingerprint density at radius 1 is 1.07 bits per heavy atom. The first-order valence-corrected chi connectivity index (χ1v) is 5.04. The van der Waals surface area contributed by atoms with E-state index in [1.165, 1.54) is 19.1 Å². The molecule has 2 nitrogen and oxygen atoms in total. The molecule has 1 rings (SSSR count). The molecule has 0 aliphatic rings. The van der Waals surface area contributed by atoms with E-state index in [2.05, 4.69) is 30.9 Å². The molecule has 0 aromatic heterocycles. The first-order valence-electron chi connectivity index (χ1n) is 5.04. The van der Waals surface area contributed by atoms with Gasteiger partial charge in [0.05, 0.1) is 13.7 Å². The van der Waals surface area contributed by atoms with E-state index in [4.69, 9.17) is 4.89 Å². The van der Waals surface area contributed by atoms with Crippen LogP contribution in [-0.4, -0.2) is 13.7 Å². The lowest BCUT2D eigenvalue weighted by Gasteiger charge is -1.99. The first-order chi connectivity index (χ1) is 6.85. The van der Waals surface area contributed by atoms with Crippen molar-refractivity contribution in [3.05, 3.63) is 35.9 Å². The van der Waals surface area contributed by atoms with Crippen LogP contribution in [0, 0.1) is 0 Å². The van der Waals surface area contributed by atoms with Crippen LogP contribution < -0.4 is 0 Å². The molecule has 0 heterocycles. The highest BCUT2D eigenvalue weighted by Gasteiger charge is 1.89. The third-order valence-corrected chi connectivity index (χ3v) is 1.43. The molecule has 0 saturated heterocycles. The van der Waals surface area contributed by atoms with E-state index in [0.29, 0.717) is 6.61 Å². The van der Waals surface area contributed by atoms with Crippen LogP contribution in [0.5, 0.6) is 0 Å². The summed E-state index contributed by atoms with van der Waals surface area (Å²) >= 11 is 0. The van der Waals surface area contributed by atoms with Crippen molar-refractivity contribution in [2.24, 2.45) is 0 Å². The SMILES string of the molecule is CCC.COOCCc1ccccc1. The lowest BCUT2D eigenvalue weighted by molar-refractivity contribution is -0.271. The Hall–Kier alpha value is -0.860. The van der Waals surface area contributed by atoms with Crippen LogP contribution in [0.2, 0.25) is 0 Å². The molecule has 0 bridgehead atoms. The molecule has 1 aromatic carbocycles. The molecule has 1 aromatic rings. The Kier molecular flexibility index (Phi) is 9.59. The number of benzene rings is 1. The maximum absolute atomic E-state index is 4.74. The molecule has 0 aliphatic heterocycles. The van der Waals surface area contributed by atoms with Gasteiger partial charge in [-0.05, 0) is 12.0 Å². The van der Waals surface area contributed by atoms with Gasteiger partial charge < -0.3 is 0 Å². The quantitative estimate of drug-likeness (QED) is 0.418. The maximum Gasteiger partial charge on any atom is 0.0862 e. The smallest absolute Gasteiger partial charge is 0.0862 e. The summed E-state index contributed by atoms with van der Waals surface area (Å²) in [7, 11) is 1.52. The summed E-state index contributed by atoms with van der Waals surface area (Å²) < 4.78 is 0. The summed E-state index contributed by atoms with van der Waals surface area (Å²) in [5.41, 5.74) is 1.27. The molecule has 0 N–H and O–H groups in total. The summed E-state index contributed by atoms with van der Waals surface area (Å²) in [6, 6.07) is 10.2. The highest BCUT2D eigenvalue weighted by atomic mass is 17.2. The van der Waals surface area contributed by atoms with Gasteiger partial charge in [-0.1, -0.05) is 50.6 Å². The maximum atomic E-state index is 4.74. The van der Waals surface area contributed by atoms with E-state index in [0.717, 1.165) is 6.42 Å². The number of hydrogen-bond acceptors (Lipinski definition) is 2. The molecule has 2 heteroatoms. The van der Waals surface area contributed by atoms with Crippen LogP contribution in [-0.2, 0) is 16.2 Å². The Balaban J connectivity index is 0.000000500. The predicted octanol–water partition coefficient (Wildman–Crippen LogP) is 3.22. The van der Waals surface area contributed by atoms with Crippen molar-refractivity contribution in [1.82, 2.24) is 0 Å². The first kappa shape index (κ1) is 13.1. The van der Waals surface area contributed by atoms with E-state index in [1.54, 1.807) is 0 Å². The molecule has 0 spiro atoms. The molecular formula is C12H20O2. The number of rotatable bonds is 4. The van der Waals surface area contributed by atoms with Crippen molar-refractivity contribution < 1.29 is 9.78 Å². The zero-order valence-electron chi connectivity index (χ0n) is 9.32. The molecule has 0 radical (unpaired) electrons. The fraction of sp³-hybridized carbons (Fsp3) is 0.500. The topological polar surface area (TPSA) is 18.5 Å². The standard InChI is InChI=1S/C9H12O2.C3H8/c1-10-11-8-7-9-5-3-2-4-6-9;1-3-2/h2-6H,7-8H2,1H3;3H2,1-2H3. The van der Waals surface area contributed by atoms with Gasteiger partial charge in [0.2, 0.25) is 0 Å². The second-order valence-corrected chi connectivity index (χ2v) is 2.93. The van der Waals surface area contributed by atoms with E-state index in [-0.39, 0.29) is 0 Å². The average Bonchev–Trinajstić information content (AvgIpc) is 2.21. The van der Waals surface area contributed by atoms with Gasteiger partial charge in [-0.25, -0.2) is 9.78 Å². The summed E-state index contributed by atoms with van der Waals surface area (Å²) in [5, 5.41) is 0. The van der Waals surface area contributed by atoms with Gasteiger partial charge >= 0.3 is 0 Å². The normalized spacial score (nSPS) is 9.07. The van der Waals surface area contributed by atoms with Crippen molar-refractivity contribution in [3.63, 3.8) is 0 Å². The van der Waals surface area contributed by atoms with E-state index < -0.39 is 0 Å². The molecule has 0 amide bonds. The molecule has 80 valence electrons. The molecule has 0 atom stereocenters. The van der Waals surface area contributed by atoms with Crippen molar-refractivity contribution in [3.8, 4) is 0 Å². The second-order valence-electron chi connectivity index (χ2n) is 2.93. The van der Waals surface area contributed by atoms with Gasteiger partial charge in [0.15, 0.2) is 0 Å². The average molecular weight is 196 g/mol. The zero-order chi connectivity index (χ0) is 10.6. The minimum absolute atomic E-state index is 0.612. The summed E-state index contributed by atoms with van der Waals surface area (Å²) in [5.74, 6) is 0. The largest absolute Gasteiger partial charge is 0.240 e. The Morgan fingerprint density at radius 2 is 1.64 bits per heavy atom. The van der Waals surface area contributed by atoms with Gasteiger partial charge in [0.25, 0.3) is 0 Å². The zero-order valence-corrected chi connectivity index (χ0v) is 9.32. The second kappa shape index (κ2) is 10.2. The van der Waals surface area contributed by atoms with Crippen LogP contribution >= 0.6 is 0 Å². The van der Waals surface area contributed by atoms with Crippen molar-refractivity contribution in [1.29, 1.82) is 0 Å². The fourth-order valence-electron chi connectivity index (χ4n) is 0.888. The van der Waals surface area contributed by atoms with Crippen LogP contribution in [0.4, 0.5) is 0 Å². The number of hydrogen-bond donors (Lipinski definition) is 0. The van der Waals surface area contributed by atoms with Crippen molar-refractivity contribution in [2.75, 3.05) is 13.7 Å². The minimum Gasteiger partial charge on any atom is -0.240 e. The van der Waals surface area contributed by atoms with Crippen molar-refractivity contribution in [2.45, 2.75) is 26.7 Å². The molecule has 0 aliphatic carbocycles. The van der Waals surface area contributed by atoms with Crippen LogP contribution in [0.3, 0.4) is 0 Å². The lowest BCUT2D eigenvalue weighted by Crippen LogP contribution is -1.96. The van der Waals surface area contributed by atoms with Crippen LogP contribution in [0.1, 0.15) is 25.8 Å². The third-order valence-electron chi connectivity index (χ3n) is 1.43. The highest BCUT2D eigenvalue weighted by molar-refractivity contribution is 5.14. The molecule has 14 heavy (non-hydrogen) atoms. The van der Waals surface area contributed by atoms with E-state index in [9.17, 15) is 0 Å². The van der Waals surface area contributed by atoms with Crippen LogP contribution in [0.25, 0.3) is 0 Å². The monoisotopic (exact) mass is 196 g/mol. The highest BCUT2D eigenvalue weighted by Crippen LogP contribution is 1.98. The van der Waals surface area contributed by atoms with Crippen molar-refractivity contribution >= 4 is 0 Å². The summed E-state index contributed by atoms with van der Waals surface area (Å²) in [6.07, 6.45) is 2.15. The molecule has 0 unspecified atom stereocenters. The van der Waals surface area contributed by atoms with Gasteiger partial charge in [0.1, 0.15) is 0 Å². The Bertz CT molecular complexity index is 197. The van der Waals surface area contributed by atoms with Gasteiger partial charge in [-0.3, -0.25) is 0 Å². The Labute approximate surface area is 86.8 Å². The van der Waals surface area contributed by atoms with Gasteiger partial charge in [-0.15, -0.1) is 0 Å². The predicted molar refractivity (Wildman–Crippen MR) is 59.1 cm³/mol. The Morgan fingerprint density at radius 3 is 2.14 bits per heavy atom. The minimum atomic E-state index is 0.612. The van der Waals surface area contributed by atoms with Gasteiger partial charge in [0, 0.05) is 0 Å². The lowest BCUT2D eigenvalue weighted by atomic mass is 10.2. The third kappa shape index (κ3) is 7.77. The molecule has 0 saturated carbocycles. The molecule has 0 fully saturated rings. The molecular weight excluding hydrogens is 176 g/mol. The summed E-state index contributed by atoms with van der Waals surface area (Å²) in [4.78, 5) is 9.20. The van der Waals surface area contributed by atoms with E-state index >= 15 is 0 Å². The van der Waals surface area contributed by atoms with Gasteiger partial charge in [-0.2, -0.15) is 0 Å². The van der Waals surface area contributed by atoms with Crippen LogP contribution in [0.15, 0.2) is 30.3 Å². The summed E-state index contributed by atoms with van der Waals surface area (Å²) in [6.45, 7) is 4.86. The fourth-order valence-corrected chi connectivity index (χ4v) is 0.888. The van der Waals surface area contributed by atoms with E-state index in [1.807, 2.05) is 18.2 Å².